The molecule has 2 aromatic rings. The van der Waals surface area contributed by atoms with Crippen LogP contribution in [0, 0.1) is 11.6 Å². The maximum Gasteiger partial charge on any atom is 0.275 e. The molecule has 0 saturated heterocycles. The van der Waals surface area contributed by atoms with Gasteiger partial charge in [0.05, 0.1) is 4.88 Å². The largest absolute Gasteiger partial charge is 0.486 e. The fourth-order valence-electron chi connectivity index (χ4n) is 1.46. The van der Waals surface area contributed by atoms with E-state index in [1.165, 1.54) is 11.3 Å². The summed E-state index contributed by atoms with van der Waals surface area (Å²) < 4.78 is 31.5. The van der Waals surface area contributed by atoms with Crippen molar-refractivity contribution < 1.29 is 18.3 Å². The van der Waals surface area contributed by atoms with E-state index in [9.17, 15) is 13.6 Å². The Labute approximate surface area is 111 Å². The number of hydrazine groups is 1. The molecule has 2 rings (SSSR count). The van der Waals surface area contributed by atoms with Gasteiger partial charge in [0.15, 0.2) is 11.6 Å². The normalized spacial score (nSPS) is 10.3. The van der Waals surface area contributed by atoms with Gasteiger partial charge < -0.3 is 4.74 Å². The molecule has 0 saturated carbocycles. The van der Waals surface area contributed by atoms with Crippen LogP contribution >= 0.6 is 11.3 Å². The maximum absolute atomic E-state index is 13.3. The second-order valence-corrected chi connectivity index (χ2v) is 4.53. The summed E-state index contributed by atoms with van der Waals surface area (Å²) in [5, 5.41) is 1.69. The van der Waals surface area contributed by atoms with Gasteiger partial charge in [0.25, 0.3) is 5.91 Å². The molecule has 100 valence electrons. The van der Waals surface area contributed by atoms with E-state index in [2.05, 4.69) is 0 Å². The van der Waals surface area contributed by atoms with E-state index in [0.29, 0.717) is 10.4 Å². The highest BCUT2D eigenvalue weighted by Crippen LogP contribution is 2.22. The number of hydrogen-bond acceptors (Lipinski definition) is 4. The average Bonchev–Trinajstić information content (AvgIpc) is 2.87. The quantitative estimate of drug-likeness (QED) is 0.514. The van der Waals surface area contributed by atoms with Crippen molar-refractivity contribution in [1.29, 1.82) is 0 Å². The van der Waals surface area contributed by atoms with Crippen molar-refractivity contribution in [1.82, 2.24) is 5.43 Å². The number of nitrogens with one attached hydrogen (secondary N) is 1. The van der Waals surface area contributed by atoms with Crippen LogP contribution in [-0.2, 0) is 6.61 Å². The summed E-state index contributed by atoms with van der Waals surface area (Å²) in [5.41, 5.74) is 2.56. The summed E-state index contributed by atoms with van der Waals surface area (Å²) in [4.78, 5) is 11.8. The van der Waals surface area contributed by atoms with Crippen molar-refractivity contribution in [3.63, 3.8) is 0 Å². The first-order valence-electron chi connectivity index (χ1n) is 5.27. The predicted molar refractivity (Wildman–Crippen MR) is 66.7 cm³/mol. The zero-order valence-corrected chi connectivity index (χ0v) is 10.5. The van der Waals surface area contributed by atoms with Crippen molar-refractivity contribution in [3.05, 3.63) is 51.7 Å². The molecule has 0 aliphatic rings. The van der Waals surface area contributed by atoms with Gasteiger partial charge in [-0.2, -0.15) is 0 Å². The number of rotatable bonds is 4. The number of hydrogen-bond donors (Lipinski definition) is 2. The standard InChI is InChI=1S/C12H10F2N2O2S/c13-8-1-2-9(14)10(5-8)18-6-7-3-4-19-11(7)12(17)16-15/h1-5H,6,15H2,(H,16,17). The molecule has 1 amide bonds. The zero-order chi connectivity index (χ0) is 13.8. The highest BCUT2D eigenvalue weighted by molar-refractivity contribution is 7.12. The van der Waals surface area contributed by atoms with Gasteiger partial charge in [-0.3, -0.25) is 10.2 Å². The number of carbonyl (C=O) groups excluding carboxylic acids is 1. The minimum absolute atomic E-state index is 0.0490. The number of ether oxygens (including phenoxy) is 1. The number of nitrogen functional groups attached to an aromatic ring is 1. The third kappa shape index (κ3) is 3.07. The third-order valence-corrected chi connectivity index (χ3v) is 3.32. The Bertz CT molecular complexity index is 601. The first-order valence-corrected chi connectivity index (χ1v) is 6.15. The first-order chi connectivity index (χ1) is 9.11. The lowest BCUT2D eigenvalue weighted by Crippen LogP contribution is -2.30. The Hall–Kier alpha value is -1.99. The Balaban J connectivity index is 2.13. The number of carbonyl (C=O) groups is 1. The van der Waals surface area contributed by atoms with E-state index in [4.69, 9.17) is 10.6 Å². The van der Waals surface area contributed by atoms with Gasteiger partial charge in [0.2, 0.25) is 0 Å². The molecule has 0 aliphatic heterocycles. The van der Waals surface area contributed by atoms with Crippen LogP contribution in [0.4, 0.5) is 8.78 Å². The third-order valence-electron chi connectivity index (χ3n) is 2.36. The summed E-state index contributed by atoms with van der Waals surface area (Å²) in [6, 6.07) is 4.59. The molecule has 0 atom stereocenters. The summed E-state index contributed by atoms with van der Waals surface area (Å²) in [6.45, 7) is -0.0490. The van der Waals surface area contributed by atoms with Crippen LogP contribution in [0.1, 0.15) is 15.2 Å². The summed E-state index contributed by atoms with van der Waals surface area (Å²) in [5.74, 6) is 3.13. The van der Waals surface area contributed by atoms with Crippen LogP contribution in [0.2, 0.25) is 0 Å². The Morgan fingerprint density at radius 1 is 1.37 bits per heavy atom. The van der Waals surface area contributed by atoms with Crippen molar-refractivity contribution in [2.75, 3.05) is 0 Å². The molecule has 1 aromatic carbocycles. The maximum atomic E-state index is 13.3. The number of thiophene rings is 1. The zero-order valence-electron chi connectivity index (χ0n) is 9.65. The molecule has 0 aliphatic carbocycles. The Kier molecular flexibility index (Phi) is 4.08. The van der Waals surface area contributed by atoms with Crippen molar-refractivity contribution in [3.8, 4) is 5.75 Å². The summed E-state index contributed by atoms with van der Waals surface area (Å²) in [6.07, 6.45) is 0. The summed E-state index contributed by atoms with van der Waals surface area (Å²) >= 11 is 1.18. The molecule has 7 heteroatoms. The van der Waals surface area contributed by atoms with Gasteiger partial charge in [0.1, 0.15) is 12.4 Å². The lowest BCUT2D eigenvalue weighted by Gasteiger charge is -2.07. The molecule has 1 heterocycles. The molecule has 0 unspecified atom stereocenters. The number of halogens is 2. The van der Waals surface area contributed by atoms with Gasteiger partial charge in [-0.25, -0.2) is 14.6 Å². The second-order valence-electron chi connectivity index (χ2n) is 3.61. The molecule has 4 nitrogen and oxygen atoms in total. The van der Waals surface area contributed by atoms with Crippen LogP contribution in [0.3, 0.4) is 0 Å². The van der Waals surface area contributed by atoms with Crippen molar-refractivity contribution in [2.24, 2.45) is 5.84 Å². The topological polar surface area (TPSA) is 64.3 Å². The van der Waals surface area contributed by atoms with E-state index < -0.39 is 17.5 Å². The van der Waals surface area contributed by atoms with E-state index in [1.807, 2.05) is 5.43 Å². The highest BCUT2D eigenvalue weighted by Gasteiger charge is 2.13. The van der Waals surface area contributed by atoms with Crippen molar-refractivity contribution in [2.45, 2.75) is 6.61 Å². The number of nitrogens with two attached hydrogens (primary N) is 1. The van der Waals surface area contributed by atoms with Gasteiger partial charge in [-0.05, 0) is 23.6 Å². The lowest BCUT2D eigenvalue weighted by molar-refractivity contribution is 0.0955. The fraction of sp³-hybridized carbons (Fsp3) is 0.0833. The van der Waals surface area contributed by atoms with E-state index in [-0.39, 0.29) is 12.4 Å². The van der Waals surface area contributed by atoms with E-state index >= 15 is 0 Å². The summed E-state index contributed by atoms with van der Waals surface area (Å²) in [7, 11) is 0. The van der Waals surface area contributed by atoms with Crippen LogP contribution in [0.5, 0.6) is 5.75 Å². The molecule has 0 bridgehead atoms. The van der Waals surface area contributed by atoms with Crippen LogP contribution in [0.15, 0.2) is 29.6 Å². The molecule has 0 radical (unpaired) electrons. The van der Waals surface area contributed by atoms with Crippen molar-refractivity contribution >= 4 is 17.2 Å². The van der Waals surface area contributed by atoms with Gasteiger partial charge in [0, 0.05) is 11.6 Å². The van der Waals surface area contributed by atoms with Gasteiger partial charge >= 0.3 is 0 Å². The lowest BCUT2D eigenvalue weighted by atomic mass is 10.2. The fourth-order valence-corrected chi connectivity index (χ4v) is 2.27. The molecular weight excluding hydrogens is 274 g/mol. The van der Waals surface area contributed by atoms with Gasteiger partial charge in [-0.15, -0.1) is 11.3 Å². The van der Waals surface area contributed by atoms with E-state index in [1.54, 1.807) is 11.4 Å². The SMILES string of the molecule is NNC(=O)c1sccc1COc1cc(F)ccc1F. The number of amides is 1. The molecule has 0 fully saturated rings. The smallest absolute Gasteiger partial charge is 0.275 e. The molecule has 3 N–H and O–H groups in total. The Morgan fingerprint density at radius 3 is 2.89 bits per heavy atom. The monoisotopic (exact) mass is 284 g/mol. The molecular formula is C12H10F2N2O2S. The highest BCUT2D eigenvalue weighted by atomic mass is 32.1. The molecule has 0 spiro atoms. The Morgan fingerprint density at radius 2 is 2.16 bits per heavy atom. The van der Waals surface area contributed by atoms with E-state index in [0.717, 1.165) is 18.2 Å². The number of benzene rings is 1. The minimum atomic E-state index is -0.665. The molecule has 19 heavy (non-hydrogen) atoms. The minimum Gasteiger partial charge on any atom is -0.486 e. The van der Waals surface area contributed by atoms with Crippen LogP contribution in [0.25, 0.3) is 0 Å². The average molecular weight is 284 g/mol. The second kappa shape index (κ2) is 5.77. The van der Waals surface area contributed by atoms with Gasteiger partial charge in [-0.1, -0.05) is 0 Å². The van der Waals surface area contributed by atoms with Crippen LogP contribution in [-0.4, -0.2) is 5.91 Å². The molecule has 1 aromatic heterocycles. The first kappa shape index (κ1) is 13.4. The predicted octanol–water partition coefficient (Wildman–Crippen LogP) is 2.21. The van der Waals surface area contributed by atoms with Crippen LogP contribution < -0.4 is 16.0 Å².